The Morgan fingerprint density at radius 2 is 1.60 bits per heavy atom. The monoisotopic (exact) mass is 266 g/mol. The molecule has 0 radical (unpaired) electrons. The molecule has 1 atom stereocenters. The van der Waals surface area contributed by atoms with Gasteiger partial charge in [-0.3, -0.25) is 0 Å². The summed E-state index contributed by atoms with van der Waals surface area (Å²) >= 11 is 0. The number of carbonyl (C=O) groups is 1. The molecule has 20 heavy (non-hydrogen) atoms. The minimum atomic E-state index is -0.685. The third kappa shape index (κ3) is 1.68. The number of hydrogen-bond donors (Lipinski definition) is 0. The molecule has 0 saturated carbocycles. The van der Waals surface area contributed by atoms with Crippen molar-refractivity contribution in [3.63, 3.8) is 0 Å². The van der Waals surface area contributed by atoms with E-state index < -0.39 is 5.60 Å². The Kier molecular flexibility index (Phi) is 2.72. The number of rotatable bonds is 1. The molecule has 0 fully saturated rings. The molecule has 3 rings (SSSR count). The first-order valence-electron chi connectivity index (χ1n) is 6.84. The molecule has 0 N–H and O–H groups in total. The maximum Gasteiger partial charge on any atom is 0.339 e. The molecule has 2 aromatic carbocycles. The molecule has 2 aromatic rings. The molecule has 102 valence electrons. The van der Waals surface area contributed by atoms with E-state index in [1.807, 2.05) is 31.2 Å². The average Bonchev–Trinajstić information content (AvgIpc) is 2.61. The Labute approximate surface area is 119 Å². The predicted molar refractivity (Wildman–Crippen MR) is 79.0 cm³/mol. The van der Waals surface area contributed by atoms with Crippen molar-refractivity contribution in [2.45, 2.75) is 33.3 Å². The van der Waals surface area contributed by atoms with Crippen LogP contribution in [-0.2, 0) is 10.3 Å². The Balaban J connectivity index is 2.28. The Hall–Kier alpha value is -2.09. The number of hydrogen-bond acceptors (Lipinski definition) is 2. The standard InChI is InChI=1S/C18H18O2/c1-11-9-12(2)16(13(3)10-11)18(4)15-8-6-5-7-14(15)17(19)20-18/h5-10H,1-4H3. The molecule has 2 nitrogen and oxygen atoms in total. The van der Waals surface area contributed by atoms with E-state index >= 15 is 0 Å². The third-order valence-electron chi connectivity index (χ3n) is 4.11. The minimum Gasteiger partial charge on any atom is -0.446 e. The summed E-state index contributed by atoms with van der Waals surface area (Å²) in [6.07, 6.45) is 0. The van der Waals surface area contributed by atoms with Crippen molar-refractivity contribution >= 4 is 5.97 Å². The number of esters is 1. The van der Waals surface area contributed by atoms with E-state index in [0.717, 1.165) is 22.3 Å². The highest BCUT2D eigenvalue weighted by atomic mass is 16.6. The number of carbonyl (C=O) groups excluding carboxylic acids is 1. The van der Waals surface area contributed by atoms with Crippen LogP contribution in [-0.4, -0.2) is 5.97 Å². The molecule has 0 saturated heterocycles. The van der Waals surface area contributed by atoms with Gasteiger partial charge in [-0.15, -0.1) is 0 Å². The summed E-state index contributed by atoms with van der Waals surface area (Å²) in [4.78, 5) is 12.1. The summed E-state index contributed by atoms with van der Waals surface area (Å²) in [5, 5.41) is 0. The normalized spacial score (nSPS) is 20.7. The maximum absolute atomic E-state index is 12.1. The topological polar surface area (TPSA) is 26.3 Å². The molecular weight excluding hydrogens is 248 g/mol. The second-order valence-electron chi connectivity index (χ2n) is 5.74. The minimum absolute atomic E-state index is 0.234. The lowest BCUT2D eigenvalue weighted by Crippen LogP contribution is -2.26. The van der Waals surface area contributed by atoms with Crippen LogP contribution in [0.5, 0.6) is 0 Å². The average molecular weight is 266 g/mol. The van der Waals surface area contributed by atoms with Crippen molar-refractivity contribution in [2.24, 2.45) is 0 Å². The van der Waals surface area contributed by atoms with Crippen LogP contribution in [0.1, 0.15) is 45.1 Å². The number of cyclic esters (lactones) is 1. The number of fused-ring (bicyclic) bond motifs is 1. The fourth-order valence-electron chi connectivity index (χ4n) is 3.49. The van der Waals surface area contributed by atoms with Crippen LogP contribution in [0.15, 0.2) is 36.4 Å². The molecule has 1 aliphatic heterocycles. The highest BCUT2D eigenvalue weighted by molar-refractivity contribution is 5.95. The fourth-order valence-corrected chi connectivity index (χ4v) is 3.49. The van der Waals surface area contributed by atoms with Crippen molar-refractivity contribution in [3.8, 4) is 0 Å². The largest absolute Gasteiger partial charge is 0.446 e. The van der Waals surface area contributed by atoms with Crippen LogP contribution in [0.2, 0.25) is 0 Å². The molecule has 1 unspecified atom stereocenters. The summed E-state index contributed by atoms with van der Waals surface area (Å²) in [6, 6.07) is 11.9. The lowest BCUT2D eigenvalue weighted by atomic mass is 9.82. The van der Waals surface area contributed by atoms with Gasteiger partial charge in [0, 0.05) is 11.1 Å². The molecule has 1 heterocycles. The van der Waals surface area contributed by atoms with Crippen LogP contribution in [0, 0.1) is 20.8 Å². The van der Waals surface area contributed by atoms with Crippen molar-refractivity contribution in [1.29, 1.82) is 0 Å². The molecule has 0 amide bonds. The van der Waals surface area contributed by atoms with Crippen LogP contribution >= 0.6 is 0 Å². The molecule has 0 bridgehead atoms. The van der Waals surface area contributed by atoms with E-state index in [0.29, 0.717) is 5.56 Å². The SMILES string of the molecule is Cc1cc(C)c(C2(C)OC(=O)c3ccccc32)c(C)c1. The van der Waals surface area contributed by atoms with Gasteiger partial charge in [0.15, 0.2) is 5.60 Å². The molecule has 0 aromatic heterocycles. The maximum atomic E-state index is 12.1. The Bertz CT molecular complexity index is 692. The van der Waals surface area contributed by atoms with Crippen molar-refractivity contribution in [2.75, 3.05) is 0 Å². The number of ether oxygens (including phenoxy) is 1. The van der Waals surface area contributed by atoms with Gasteiger partial charge in [0.1, 0.15) is 0 Å². The zero-order valence-corrected chi connectivity index (χ0v) is 12.3. The van der Waals surface area contributed by atoms with Crippen LogP contribution in [0.4, 0.5) is 0 Å². The second kappa shape index (κ2) is 4.20. The van der Waals surface area contributed by atoms with Crippen molar-refractivity contribution < 1.29 is 9.53 Å². The van der Waals surface area contributed by atoms with E-state index in [1.165, 1.54) is 5.56 Å². The molecule has 2 heteroatoms. The summed E-state index contributed by atoms with van der Waals surface area (Å²) in [5.74, 6) is -0.234. The van der Waals surface area contributed by atoms with Gasteiger partial charge in [0.05, 0.1) is 5.56 Å². The molecular formula is C18H18O2. The van der Waals surface area contributed by atoms with E-state index in [1.54, 1.807) is 0 Å². The van der Waals surface area contributed by atoms with Gasteiger partial charge in [0.25, 0.3) is 0 Å². The van der Waals surface area contributed by atoms with E-state index in [9.17, 15) is 4.79 Å². The number of aryl methyl sites for hydroxylation is 3. The second-order valence-corrected chi connectivity index (χ2v) is 5.74. The first kappa shape index (κ1) is 12.9. The lowest BCUT2D eigenvalue weighted by molar-refractivity contribution is 0.0176. The van der Waals surface area contributed by atoms with Crippen LogP contribution in [0.3, 0.4) is 0 Å². The Morgan fingerprint density at radius 3 is 2.25 bits per heavy atom. The quantitative estimate of drug-likeness (QED) is 0.728. The summed E-state index contributed by atoms with van der Waals surface area (Å²) in [6.45, 7) is 8.23. The highest BCUT2D eigenvalue weighted by Gasteiger charge is 2.44. The smallest absolute Gasteiger partial charge is 0.339 e. The summed E-state index contributed by atoms with van der Waals surface area (Å²) in [5.41, 5.74) is 5.60. The van der Waals surface area contributed by atoms with Gasteiger partial charge >= 0.3 is 5.97 Å². The van der Waals surface area contributed by atoms with Crippen molar-refractivity contribution in [3.05, 3.63) is 69.8 Å². The number of benzene rings is 2. The zero-order chi connectivity index (χ0) is 14.5. The highest BCUT2D eigenvalue weighted by Crippen LogP contribution is 2.44. The van der Waals surface area contributed by atoms with E-state index in [2.05, 4.69) is 32.9 Å². The first-order valence-corrected chi connectivity index (χ1v) is 6.84. The lowest BCUT2D eigenvalue weighted by Gasteiger charge is -2.28. The summed E-state index contributed by atoms with van der Waals surface area (Å²) in [7, 11) is 0. The third-order valence-corrected chi connectivity index (χ3v) is 4.11. The molecule has 1 aliphatic rings. The van der Waals surface area contributed by atoms with Gasteiger partial charge in [-0.05, 0) is 44.9 Å². The fraction of sp³-hybridized carbons (Fsp3) is 0.278. The zero-order valence-electron chi connectivity index (χ0n) is 12.3. The predicted octanol–water partition coefficient (Wildman–Crippen LogP) is 4.05. The van der Waals surface area contributed by atoms with Gasteiger partial charge < -0.3 is 4.74 Å². The van der Waals surface area contributed by atoms with E-state index in [-0.39, 0.29) is 5.97 Å². The first-order chi connectivity index (χ1) is 9.43. The molecule has 0 aliphatic carbocycles. The van der Waals surface area contributed by atoms with Crippen LogP contribution in [0.25, 0.3) is 0 Å². The van der Waals surface area contributed by atoms with Gasteiger partial charge in [-0.25, -0.2) is 4.79 Å². The van der Waals surface area contributed by atoms with Gasteiger partial charge in [0.2, 0.25) is 0 Å². The van der Waals surface area contributed by atoms with Gasteiger partial charge in [-0.2, -0.15) is 0 Å². The van der Waals surface area contributed by atoms with Gasteiger partial charge in [-0.1, -0.05) is 35.9 Å². The summed E-state index contributed by atoms with van der Waals surface area (Å²) < 4.78 is 5.77. The van der Waals surface area contributed by atoms with Crippen LogP contribution < -0.4 is 0 Å². The van der Waals surface area contributed by atoms with E-state index in [4.69, 9.17) is 4.74 Å². The molecule has 0 spiro atoms. The Morgan fingerprint density at radius 1 is 1.00 bits per heavy atom. The van der Waals surface area contributed by atoms with Crippen molar-refractivity contribution in [1.82, 2.24) is 0 Å².